The maximum Gasteiger partial charge on any atom is 0.338 e. The largest absolute Gasteiger partial charge is 0.465 e. The van der Waals surface area contributed by atoms with Crippen LogP contribution in [0.2, 0.25) is 5.15 Å². The molecule has 0 N–H and O–H groups in total. The van der Waals surface area contributed by atoms with Crippen molar-refractivity contribution in [2.24, 2.45) is 0 Å². The Bertz CT molecular complexity index is 571. The van der Waals surface area contributed by atoms with Gasteiger partial charge in [-0.05, 0) is 12.1 Å². The molecule has 0 unspecified atom stereocenters. The van der Waals surface area contributed by atoms with E-state index in [1.54, 1.807) is 30.0 Å². The predicted molar refractivity (Wildman–Crippen MR) is 83.5 cm³/mol. The summed E-state index contributed by atoms with van der Waals surface area (Å²) in [4.78, 5) is 33.1. The first kappa shape index (κ1) is 16.4. The van der Waals surface area contributed by atoms with Crippen molar-refractivity contribution in [3.63, 3.8) is 0 Å². The molecule has 1 aromatic rings. The number of nitrogens with zero attached hydrogens (tertiary/aromatic N) is 4. The first-order chi connectivity index (χ1) is 10.4. The van der Waals surface area contributed by atoms with E-state index in [1.807, 2.05) is 4.90 Å². The molecule has 8 heteroatoms. The molecule has 1 fully saturated rings. The normalized spacial score (nSPS) is 14.7. The van der Waals surface area contributed by atoms with Gasteiger partial charge in [-0.2, -0.15) is 0 Å². The van der Waals surface area contributed by atoms with Crippen molar-refractivity contribution in [2.75, 3.05) is 52.3 Å². The molecule has 2 heterocycles. The fourth-order valence-corrected chi connectivity index (χ4v) is 2.49. The standard InChI is InChI=1S/C14H19ClN4O3/c1-17(2)14(21)19-6-4-18(5-7-19)12-9-10(13(20)22-3)8-11(15)16-12/h8-9H,4-7H2,1-3H3. The number of methoxy groups -OCH3 is 1. The smallest absolute Gasteiger partial charge is 0.338 e. The van der Waals surface area contributed by atoms with Crippen molar-refractivity contribution < 1.29 is 14.3 Å². The molecule has 0 aliphatic carbocycles. The van der Waals surface area contributed by atoms with Gasteiger partial charge in [0.25, 0.3) is 0 Å². The van der Waals surface area contributed by atoms with Crippen molar-refractivity contribution in [2.45, 2.75) is 0 Å². The number of esters is 1. The number of carbonyl (C=O) groups excluding carboxylic acids is 2. The average molecular weight is 327 g/mol. The first-order valence-corrected chi connectivity index (χ1v) is 7.27. The van der Waals surface area contributed by atoms with Crippen molar-refractivity contribution in [3.8, 4) is 0 Å². The number of amides is 2. The molecule has 1 aliphatic heterocycles. The minimum Gasteiger partial charge on any atom is -0.465 e. The number of piperazine rings is 1. The Morgan fingerprint density at radius 1 is 1.23 bits per heavy atom. The van der Waals surface area contributed by atoms with E-state index in [-0.39, 0.29) is 11.2 Å². The molecule has 22 heavy (non-hydrogen) atoms. The molecule has 2 rings (SSSR count). The van der Waals surface area contributed by atoms with Crippen LogP contribution < -0.4 is 4.90 Å². The Labute approximate surface area is 134 Å². The first-order valence-electron chi connectivity index (χ1n) is 6.89. The molecule has 120 valence electrons. The van der Waals surface area contributed by atoms with Gasteiger partial charge in [0, 0.05) is 40.3 Å². The number of halogens is 1. The number of carbonyl (C=O) groups is 2. The van der Waals surface area contributed by atoms with Gasteiger partial charge in [0.1, 0.15) is 11.0 Å². The Kier molecular flexibility index (Phi) is 5.07. The fraction of sp³-hybridized carbons (Fsp3) is 0.500. The summed E-state index contributed by atoms with van der Waals surface area (Å²) in [6.07, 6.45) is 0. The molecule has 0 aromatic carbocycles. The van der Waals surface area contributed by atoms with Crippen molar-refractivity contribution >= 4 is 29.4 Å². The predicted octanol–water partition coefficient (Wildman–Crippen LogP) is 1.33. The van der Waals surface area contributed by atoms with Gasteiger partial charge in [0.05, 0.1) is 12.7 Å². The lowest BCUT2D eigenvalue weighted by Gasteiger charge is -2.36. The lowest BCUT2D eigenvalue weighted by molar-refractivity contribution is 0.0600. The summed E-state index contributed by atoms with van der Waals surface area (Å²) >= 11 is 5.97. The fourth-order valence-electron chi connectivity index (χ4n) is 2.29. The van der Waals surface area contributed by atoms with Gasteiger partial charge < -0.3 is 19.4 Å². The summed E-state index contributed by atoms with van der Waals surface area (Å²) in [6, 6.07) is 3.12. The van der Waals surface area contributed by atoms with Gasteiger partial charge in [0.15, 0.2) is 0 Å². The van der Waals surface area contributed by atoms with Crippen LogP contribution >= 0.6 is 11.6 Å². The van der Waals surface area contributed by atoms with Crippen LogP contribution in [0.4, 0.5) is 10.6 Å². The quantitative estimate of drug-likeness (QED) is 0.606. The van der Waals surface area contributed by atoms with Crippen LogP contribution in [0.5, 0.6) is 0 Å². The third-order valence-corrected chi connectivity index (χ3v) is 3.65. The highest BCUT2D eigenvalue weighted by Crippen LogP contribution is 2.20. The summed E-state index contributed by atoms with van der Waals surface area (Å²) in [5.74, 6) is 0.164. The zero-order valence-corrected chi connectivity index (χ0v) is 13.6. The van der Waals surface area contributed by atoms with Crippen LogP contribution in [0.25, 0.3) is 0 Å². The summed E-state index contributed by atoms with van der Waals surface area (Å²) in [7, 11) is 4.79. The van der Waals surface area contributed by atoms with E-state index in [1.165, 1.54) is 13.2 Å². The molecule has 1 aliphatic rings. The molecular weight excluding hydrogens is 308 g/mol. The van der Waals surface area contributed by atoms with Crippen LogP contribution in [0, 0.1) is 0 Å². The van der Waals surface area contributed by atoms with Crippen LogP contribution in [0.15, 0.2) is 12.1 Å². The van der Waals surface area contributed by atoms with Crippen LogP contribution in [0.1, 0.15) is 10.4 Å². The number of anilines is 1. The SMILES string of the molecule is COC(=O)c1cc(Cl)nc(N2CCN(C(=O)N(C)C)CC2)c1. The van der Waals surface area contributed by atoms with E-state index in [0.29, 0.717) is 37.6 Å². The number of ether oxygens (including phenoxy) is 1. The van der Waals surface area contributed by atoms with E-state index in [4.69, 9.17) is 16.3 Å². The Morgan fingerprint density at radius 3 is 2.41 bits per heavy atom. The molecule has 0 spiro atoms. The molecule has 0 atom stereocenters. The third kappa shape index (κ3) is 3.59. The van der Waals surface area contributed by atoms with Crippen molar-refractivity contribution in [1.29, 1.82) is 0 Å². The van der Waals surface area contributed by atoms with E-state index in [0.717, 1.165) is 0 Å². The number of rotatable bonds is 2. The Hall–Kier alpha value is -2.02. The van der Waals surface area contributed by atoms with E-state index < -0.39 is 5.97 Å². The Morgan fingerprint density at radius 2 is 1.86 bits per heavy atom. The molecule has 7 nitrogen and oxygen atoms in total. The molecule has 0 radical (unpaired) electrons. The minimum absolute atomic E-state index is 0.00560. The summed E-state index contributed by atoms with van der Waals surface area (Å²) in [5, 5.41) is 0.240. The van der Waals surface area contributed by atoms with Gasteiger partial charge >= 0.3 is 12.0 Å². The van der Waals surface area contributed by atoms with Gasteiger partial charge in [-0.25, -0.2) is 14.6 Å². The van der Waals surface area contributed by atoms with Crippen LogP contribution in [-0.2, 0) is 4.74 Å². The highest BCUT2D eigenvalue weighted by molar-refractivity contribution is 6.29. The van der Waals surface area contributed by atoms with Crippen LogP contribution in [-0.4, -0.2) is 74.2 Å². The number of aromatic nitrogens is 1. The molecule has 2 amide bonds. The minimum atomic E-state index is -0.452. The molecule has 1 aromatic heterocycles. The highest BCUT2D eigenvalue weighted by atomic mass is 35.5. The topological polar surface area (TPSA) is 66.0 Å². The third-order valence-electron chi connectivity index (χ3n) is 3.46. The van der Waals surface area contributed by atoms with Gasteiger partial charge in [-0.1, -0.05) is 11.6 Å². The maximum absolute atomic E-state index is 11.9. The second kappa shape index (κ2) is 6.83. The monoisotopic (exact) mass is 326 g/mol. The Balaban J connectivity index is 2.10. The summed E-state index contributed by atoms with van der Waals surface area (Å²) < 4.78 is 4.71. The number of hydrogen-bond donors (Lipinski definition) is 0. The molecule has 0 bridgehead atoms. The second-order valence-electron chi connectivity index (χ2n) is 5.18. The van der Waals surface area contributed by atoms with Crippen molar-refractivity contribution in [3.05, 3.63) is 22.8 Å². The lowest BCUT2D eigenvalue weighted by atomic mass is 10.2. The number of hydrogen-bond acceptors (Lipinski definition) is 5. The van der Waals surface area contributed by atoms with Crippen molar-refractivity contribution in [1.82, 2.24) is 14.8 Å². The lowest BCUT2D eigenvalue weighted by Crippen LogP contribution is -2.51. The van der Waals surface area contributed by atoms with E-state index in [9.17, 15) is 9.59 Å². The van der Waals surface area contributed by atoms with Gasteiger partial charge in [-0.15, -0.1) is 0 Å². The molecule has 1 saturated heterocycles. The maximum atomic E-state index is 11.9. The zero-order chi connectivity index (χ0) is 16.3. The van der Waals surface area contributed by atoms with E-state index in [2.05, 4.69) is 4.98 Å². The highest BCUT2D eigenvalue weighted by Gasteiger charge is 2.23. The number of urea groups is 1. The zero-order valence-electron chi connectivity index (χ0n) is 12.9. The van der Waals surface area contributed by atoms with E-state index >= 15 is 0 Å². The molecular formula is C14H19ClN4O3. The number of pyridine rings is 1. The second-order valence-corrected chi connectivity index (χ2v) is 5.57. The summed E-state index contributed by atoms with van der Waals surface area (Å²) in [5.41, 5.74) is 0.365. The molecule has 0 saturated carbocycles. The van der Waals surface area contributed by atoms with Gasteiger partial charge in [-0.3, -0.25) is 0 Å². The van der Waals surface area contributed by atoms with Crippen LogP contribution in [0.3, 0.4) is 0 Å². The summed E-state index contributed by atoms with van der Waals surface area (Å²) in [6.45, 7) is 2.46. The van der Waals surface area contributed by atoms with Gasteiger partial charge in [0.2, 0.25) is 0 Å². The average Bonchev–Trinajstić information content (AvgIpc) is 2.52.